The van der Waals surface area contributed by atoms with Crippen LogP contribution in [0.15, 0.2) is 59.5 Å². The Kier molecular flexibility index (Phi) is 3.69. The lowest BCUT2D eigenvalue weighted by Gasteiger charge is -2.19. The molecular weight excluding hydrogens is 332 g/mol. The van der Waals surface area contributed by atoms with E-state index in [1.54, 1.807) is 30.3 Å². The van der Waals surface area contributed by atoms with E-state index in [-0.39, 0.29) is 16.1 Å². The molecule has 24 heavy (non-hydrogen) atoms. The SMILES string of the molecule is CN(c1ccccc1)S(=O)(=O)c1ccc2c(c1)cc(C(=O)O)n2O. The summed E-state index contributed by atoms with van der Waals surface area (Å²) in [5.41, 5.74) is 0.383. The third-order valence-corrected chi connectivity index (χ3v) is 5.53. The molecule has 0 unspecified atom stereocenters. The highest BCUT2D eigenvalue weighted by atomic mass is 32.2. The molecular formula is C16H14N2O5S. The summed E-state index contributed by atoms with van der Waals surface area (Å²) in [6, 6.07) is 13.8. The molecule has 0 amide bonds. The molecule has 1 aromatic heterocycles. The molecule has 3 rings (SSSR count). The second-order valence-electron chi connectivity index (χ2n) is 5.18. The van der Waals surface area contributed by atoms with E-state index in [1.807, 2.05) is 0 Å². The summed E-state index contributed by atoms with van der Waals surface area (Å²) in [4.78, 5) is 11.1. The lowest BCUT2D eigenvalue weighted by atomic mass is 10.2. The third-order valence-electron chi connectivity index (χ3n) is 3.74. The molecule has 8 heteroatoms. The number of para-hydroxylation sites is 1. The van der Waals surface area contributed by atoms with Gasteiger partial charge in [-0.15, -0.1) is 0 Å². The first-order valence-corrected chi connectivity index (χ1v) is 8.38. The van der Waals surface area contributed by atoms with E-state index in [1.165, 1.54) is 31.3 Å². The number of fused-ring (bicyclic) bond motifs is 1. The molecule has 1 heterocycles. The number of rotatable bonds is 4. The summed E-state index contributed by atoms with van der Waals surface area (Å²) in [6.45, 7) is 0. The minimum Gasteiger partial charge on any atom is -0.476 e. The van der Waals surface area contributed by atoms with E-state index in [9.17, 15) is 18.4 Å². The number of sulfonamides is 1. The first-order valence-electron chi connectivity index (χ1n) is 6.94. The lowest BCUT2D eigenvalue weighted by molar-refractivity contribution is 0.0649. The maximum Gasteiger partial charge on any atom is 0.356 e. The van der Waals surface area contributed by atoms with Crippen molar-refractivity contribution in [3.8, 4) is 0 Å². The van der Waals surface area contributed by atoms with Gasteiger partial charge in [0.15, 0.2) is 5.69 Å². The quantitative estimate of drug-likeness (QED) is 0.707. The Morgan fingerprint density at radius 3 is 2.38 bits per heavy atom. The number of carbonyl (C=O) groups is 1. The minimum atomic E-state index is -3.81. The molecule has 0 fully saturated rings. The summed E-state index contributed by atoms with van der Waals surface area (Å²) < 4.78 is 27.1. The van der Waals surface area contributed by atoms with Crippen LogP contribution in [0.3, 0.4) is 0 Å². The highest BCUT2D eigenvalue weighted by molar-refractivity contribution is 7.92. The zero-order valence-electron chi connectivity index (χ0n) is 12.6. The maximum atomic E-state index is 12.7. The first kappa shape index (κ1) is 15.9. The molecule has 0 atom stereocenters. The summed E-state index contributed by atoms with van der Waals surface area (Å²) in [5, 5.41) is 19.2. The van der Waals surface area contributed by atoms with E-state index < -0.39 is 16.0 Å². The molecule has 3 aromatic rings. The van der Waals surface area contributed by atoms with Gasteiger partial charge in [0, 0.05) is 12.4 Å². The lowest BCUT2D eigenvalue weighted by Crippen LogP contribution is -2.26. The molecule has 0 saturated carbocycles. The fourth-order valence-electron chi connectivity index (χ4n) is 2.43. The molecule has 2 aromatic carbocycles. The highest BCUT2D eigenvalue weighted by Gasteiger charge is 2.23. The van der Waals surface area contributed by atoms with Gasteiger partial charge in [-0.1, -0.05) is 18.2 Å². The molecule has 124 valence electrons. The molecule has 0 spiro atoms. The van der Waals surface area contributed by atoms with E-state index in [0.29, 0.717) is 15.8 Å². The molecule has 0 aliphatic heterocycles. The Hall–Kier alpha value is -3.00. The van der Waals surface area contributed by atoms with Crippen LogP contribution in [-0.2, 0) is 10.0 Å². The van der Waals surface area contributed by atoms with Crippen LogP contribution in [0.5, 0.6) is 0 Å². The second-order valence-corrected chi connectivity index (χ2v) is 7.14. The second kappa shape index (κ2) is 5.57. The van der Waals surface area contributed by atoms with Crippen molar-refractivity contribution in [2.45, 2.75) is 4.90 Å². The van der Waals surface area contributed by atoms with Crippen molar-refractivity contribution in [2.24, 2.45) is 0 Å². The van der Waals surface area contributed by atoms with Crippen molar-refractivity contribution in [3.63, 3.8) is 0 Å². The van der Waals surface area contributed by atoms with E-state index >= 15 is 0 Å². The van der Waals surface area contributed by atoms with Crippen molar-refractivity contribution in [3.05, 3.63) is 60.3 Å². The molecule has 0 saturated heterocycles. The molecule has 0 bridgehead atoms. The van der Waals surface area contributed by atoms with Gasteiger partial charge in [-0.25, -0.2) is 13.2 Å². The smallest absolute Gasteiger partial charge is 0.356 e. The normalized spacial score (nSPS) is 11.5. The van der Waals surface area contributed by atoms with Gasteiger partial charge in [0.1, 0.15) is 0 Å². The Labute approximate surface area is 138 Å². The Bertz CT molecular complexity index is 1030. The van der Waals surface area contributed by atoms with Gasteiger partial charge in [-0.2, -0.15) is 4.73 Å². The molecule has 0 aliphatic carbocycles. The van der Waals surface area contributed by atoms with E-state index in [0.717, 1.165) is 4.31 Å². The predicted octanol–water partition coefficient (Wildman–Crippen LogP) is 2.40. The van der Waals surface area contributed by atoms with Gasteiger partial charge in [0.05, 0.1) is 16.1 Å². The van der Waals surface area contributed by atoms with Gasteiger partial charge in [-0.3, -0.25) is 4.31 Å². The summed E-state index contributed by atoms with van der Waals surface area (Å²) >= 11 is 0. The summed E-state index contributed by atoms with van der Waals surface area (Å²) in [5.74, 6) is -1.31. The number of hydrogen-bond donors (Lipinski definition) is 2. The number of benzene rings is 2. The molecule has 0 aliphatic rings. The van der Waals surface area contributed by atoms with Crippen LogP contribution in [-0.4, -0.2) is 36.5 Å². The van der Waals surface area contributed by atoms with Crippen molar-refractivity contribution < 1.29 is 23.5 Å². The fraction of sp³-hybridized carbons (Fsp3) is 0.0625. The zero-order valence-corrected chi connectivity index (χ0v) is 13.4. The van der Waals surface area contributed by atoms with E-state index in [2.05, 4.69) is 0 Å². The summed E-state index contributed by atoms with van der Waals surface area (Å²) in [6.07, 6.45) is 0. The van der Waals surface area contributed by atoms with Gasteiger partial charge in [-0.05, 0) is 36.4 Å². The fourth-order valence-corrected chi connectivity index (χ4v) is 3.66. The largest absolute Gasteiger partial charge is 0.476 e. The van der Waals surface area contributed by atoms with Gasteiger partial charge >= 0.3 is 5.97 Å². The van der Waals surface area contributed by atoms with Crippen LogP contribution in [0, 0.1) is 0 Å². The number of aromatic nitrogens is 1. The Morgan fingerprint density at radius 2 is 1.75 bits per heavy atom. The van der Waals surface area contributed by atoms with Crippen LogP contribution < -0.4 is 4.31 Å². The van der Waals surface area contributed by atoms with Crippen molar-refractivity contribution in [1.82, 2.24) is 4.73 Å². The number of carboxylic acid groups (broad SMARTS) is 1. The van der Waals surface area contributed by atoms with Crippen LogP contribution >= 0.6 is 0 Å². The van der Waals surface area contributed by atoms with Crippen LogP contribution in [0.4, 0.5) is 5.69 Å². The number of carboxylic acids is 1. The Balaban J connectivity index is 2.10. The molecule has 0 radical (unpaired) electrons. The van der Waals surface area contributed by atoms with Gasteiger partial charge in [0.2, 0.25) is 0 Å². The van der Waals surface area contributed by atoms with Gasteiger partial charge < -0.3 is 10.3 Å². The van der Waals surface area contributed by atoms with E-state index in [4.69, 9.17) is 5.11 Å². The van der Waals surface area contributed by atoms with Crippen LogP contribution in [0.2, 0.25) is 0 Å². The van der Waals surface area contributed by atoms with Gasteiger partial charge in [0.25, 0.3) is 10.0 Å². The molecule has 7 nitrogen and oxygen atoms in total. The number of nitrogens with zero attached hydrogens (tertiary/aromatic N) is 2. The van der Waals surface area contributed by atoms with Crippen molar-refractivity contribution in [1.29, 1.82) is 0 Å². The topological polar surface area (TPSA) is 99.8 Å². The maximum absolute atomic E-state index is 12.7. The average Bonchev–Trinajstić information content (AvgIpc) is 2.91. The average molecular weight is 346 g/mol. The summed E-state index contributed by atoms with van der Waals surface area (Å²) in [7, 11) is -2.37. The standard InChI is InChI=1S/C16H14N2O5S/c1-17(12-5-3-2-4-6-12)24(22,23)13-7-8-14-11(9-13)10-15(16(19)20)18(14)21/h2-10,21H,1H3,(H,19,20). The first-order chi connectivity index (χ1) is 11.3. The van der Waals surface area contributed by atoms with Crippen LogP contribution in [0.25, 0.3) is 10.9 Å². The van der Waals surface area contributed by atoms with Crippen LogP contribution in [0.1, 0.15) is 10.5 Å². The zero-order chi connectivity index (χ0) is 17.5. The van der Waals surface area contributed by atoms with Crippen molar-refractivity contribution in [2.75, 3.05) is 11.4 Å². The predicted molar refractivity (Wildman–Crippen MR) is 88.1 cm³/mol. The number of hydrogen-bond acceptors (Lipinski definition) is 4. The number of aromatic carboxylic acids is 1. The van der Waals surface area contributed by atoms with Crippen molar-refractivity contribution >= 4 is 32.6 Å². The minimum absolute atomic E-state index is 0.00360. The third kappa shape index (κ3) is 2.46. The number of anilines is 1. The monoisotopic (exact) mass is 346 g/mol. The molecule has 2 N–H and O–H groups in total. The Morgan fingerprint density at radius 1 is 1.08 bits per heavy atom. The highest BCUT2D eigenvalue weighted by Crippen LogP contribution is 2.26.